The Morgan fingerprint density at radius 1 is 1.38 bits per heavy atom. The molecule has 3 atom stereocenters. The number of aliphatic hydroxyl groups excluding tert-OH is 1. The summed E-state index contributed by atoms with van der Waals surface area (Å²) in [6, 6.07) is 5.11. The van der Waals surface area contributed by atoms with E-state index in [-0.39, 0.29) is 24.5 Å². The van der Waals surface area contributed by atoms with Crippen molar-refractivity contribution in [2.24, 2.45) is 5.92 Å². The largest absolute Gasteiger partial charge is 0.416 e. The van der Waals surface area contributed by atoms with E-state index in [0.717, 1.165) is 12.1 Å². The number of carbonyl (C=O) groups excluding carboxylic acids is 1. The van der Waals surface area contributed by atoms with Gasteiger partial charge in [0.1, 0.15) is 0 Å². The van der Waals surface area contributed by atoms with Gasteiger partial charge in [-0.2, -0.15) is 13.2 Å². The van der Waals surface area contributed by atoms with E-state index in [4.69, 9.17) is 4.74 Å². The molecule has 1 aromatic carbocycles. The highest BCUT2D eigenvalue weighted by molar-refractivity contribution is 5.78. The first kappa shape index (κ1) is 18.7. The van der Waals surface area contributed by atoms with Crippen LogP contribution in [0.25, 0.3) is 0 Å². The molecule has 0 unspecified atom stereocenters. The molecule has 1 aliphatic rings. The fourth-order valence-electron chi connectivity index (χ4n) is 2.98. The monoisotopic (exact) mass is 345 g/mol. The molecule has 0 saturated heterocycles. The Balaban J connectivity index is 1.83. The van der Waals surface area contributed by atoms with E-state index in [1.807, 2.05) is 0 Å². The molecule has 0 aliphatic heterocycles. The lowest BCUT2D eigenvalue weighted by Crippen LogP contribution is -2.41. The zero-order valence-electron chi connectivity index (χ0n) is 13.5. The molecule has 1 saturated carbocycles. The van der Waals surface area contributed by atoms with Gasteiger partial charge < -0.3 is 15.2 Å². The number of alkyl halides is 3. The number of hydrogen-bond acceptors (Lipinski definition) is 3. The number of ether oxygens (including phenoxy) is 1. The van der Waals surface area contributed by atoms with Crippen LogP contribution in [0.3, 0.4) is 0 Å². The van der Waals surface area contributed by atoms with Gasteiger partial charge in [-0.1, -0.05) is 18.2 Å². The number of halogens is 3. The Labute approximate surface area is 139 Å². The van der Waals surface area contributed by atoms with E-state index >= 15 is 0 Å². The van der Waals surface area contributed by atoms with E-state index in [0.29, 0.717) is 31.2 Å². The molecule has 1 aliphatic carbocycles. The van der Waals surface area contributed by atoms with Gasteiger partial charge in [0.15, 0.2) is 0 Å². The molecule has 0 radical (unpaired) electrons. The summed E-state index contributed by atoms with van der Waals surface area (Å²) in [4.78, 5) is 12.2. The third-order valence-corrected chi connectivity index (χ3v) is 4.40. The summed E-state index contributed by atoms with van der Waals surface area (Å²) in [6.07, 6.45) is -3.40. The fourth-order valence-corrected chi connectivity index (χ4v) is 2.98. The molecule has 24 heavy (non-hydrogen) atoms. The molecule has 7 heteroatoms. The van der Waals surface area contributed by atoms with Crippen molar-refractivity contribution in [3.05, 3.63) is 35.4 Å². The molecule has 0 spiro atoms. The van der Waals surface area contributed by atoms with Crippen molar-refractivity contribution in [3.8, 4) is 0 Å². The molecule has 0 bridgehead atoms. The van der Waals surface area contributed by atoms with Crippen LogP contribution in [0.2, 0.25) is 0 Å². The third kappa shape index (κ3) is 4.95. The molecule has 1 amide bonds. The lowest BCUT2D eigenvalue weighted by molar-refractivity contribution is -0.137. The van der Waals surface area contributed by atoms with Gasteiger partial charge in [-0.15, -0.1) is 0 Å². The first-order chi connectivity index (χ1) is 11.3. The zero-order valence-corrected chi connectivity index (χ0v) is 13.5. The molecule has 2 rings (SSSR count). The van der Waals surface area contributed by atoms with Gasteiger partial charge >= 0.3 is 6.18 Å². The molecule has 2 N–H and O–H groups in total. The van der Waals surface area contributed by atoms with Crippen molar-refractivity contribution < 1.29 is 27.8 Å². The summed E-state index contributed by atoms with van der Waals surface area (Å²) < 4.78 is 43.1. The lowest BCUT2D eigenvalue weighted by Gasteiger charge is -2.31. The Morgan fingerprint density at radius 3 is 2.79 bits per heavy atom. The van der Waals surface area contributed by atoms with Crippen LogP contribution in [-0.2, 0) is 22.1 Å². The minimum atomic E-state index is -4.36. The summed E-state index contributed by atoms with van der Waals surface area (Å²) in [5, 5.41) is 12.5. The van der Waals surface area contributed by atoms with Gasteiger partial charge in [0.2, 0.25) is 5.91 Å². The number of hydrogen-bond donors (Lipinski definition) is 2. The molecular weight excluding hydrogens is 323 g/mol. The van der Waals surface area contributed by atoms with Crippen molar-refractivity contribution in [2.75, 3.05) is 13.7 Å². The second kappa shape index (κ2) is 7.98. The van der Waals surface area contributed by atoms with Crippen molar-refractivity contribution in [1.82, 2.24) is 5.32 Å². The quantitative estimate of drug-likeness (QED) is 0.862. The molecule has 1 fully saturated rings. The maximum atomic E-state index is 12.7. The van der Waals surface area contributed by atoms with Crippen molar-refractivity contribution >= 4 is 5.91 Å². The van der Waals surface area contributed by atoms with Crippen LogP contribution >= 0.6 is 0 Å². The maximum Gasteiger partial charge on any atom is 0.416 e. The highest BCUT2D eigenvalue weighted by Crippen LogP contribution is 2.29. The summed E-state index contributed by atoms with van der Waals surface area (Å²) in [5.74, 6) is -0.379. The van der Waals surface area contributed by atoms with Crippen molar-refractivity contribution in [3.63, 3.8) is 0 Å². The van der Waals surface area contributed by atoms with Gasteiger partial charge in [-0.3, -0.25) is 4.79 Å². The van der Waals surface area contributed by atoms with Crippen LogP contribution in [0.5, 0.6) is 0 Å². The topological polar surface area (TPSA) is 58.6 Å². The van der Waals surface area contributed by atoms with E-state index in [2.05, 4.69) is 5.32 Å². The molecule has 134 valence electrons. The minimum absolute atomic E-state index is 0.143. The van der Waals surface area contributed by atoms with Gasteiger partial charge in [0, 0.05) is 19.6 Å². The first-order valence-corrected chi connectivity index (χ1v) is 7.96. The molecule has 0 heterocycles. The molecule has 4 nitrogen and oxygen atoms in total. The minimum Gasteiger partial charge on any atom is -0.390 e. The van der Waals surface area contributed by atoms with Crippen LogP contribution in [-0.4, -0.2) is 36.9 Å². The van der Waals surface area contributed by atoms with Gasteiger partial charge in [-0.05, 0) is 37.3 Å². The van der Waals surface area contributed by atoms with Crippen LogP contribution in [0, 0.1) is 5.92 Å². The predicted octanol–water partition coefficient (Wildman–Crippen LogP) is 2.54. The Kier molecular flexibility index (Phi) is 6.23. The maximum absolute atomic E-state index is 12.7. The van der Waals surface area contributed by atoms with E-state index < -0.39 is 17.8 Å². The second-order valence-electron chi connectivity index (χ2n) is 6.09. The summed E-state index contributed by atoms with van der Waals surface area (Å²) >= 11 is 0. The van der Waals surface area contributed by atoms with Crippen LogP contribution in [0.4, 0.5) is 13.2 Å². The number of aliphatic hydroxyl groups is 1. The highest BCUT2D eigenvalue weighted by atomic mass is 19.4. The summed E-state index contributed by atoms with van der Waals surface area (Å²) in [5.41, 5.74) is -0.158. The number of carbonyl (C=O) groups is 1. The van der Waals surface area contributed by atoms with Crippen molar-refractivity contribution in [2.45, 2.75) is 44.1 Å². The van der Waals surface area contributed by atoms with Crippen LogP contribution in [0.1, 0.15) is 30.4 Å². The third-order valence-electron chi connectivity index (χ3n) is 4.40. The standard InChI is InChI=1S/C17H22F3NO3/c1-24-15-10-12(5-6-14(15)22)16(23)21-8-7-11-3-2-4-13(9-11)17(18,19)20/h2-4,9,12,14-15,22H,5-8,10H2,1H3,(H,21,23)/t12-,14+,15-/m1/s1. The molecule has 1 aromatic rings. The average molecular weight is 345 g/mol. The summed E-state index contributed by atoms with van der Waals surface area (Å²) in [7, 11) is 1.50. The first-order valence-electron chi connectivity index (χ1n) is 7.96. The van der Waals surface area contributed by atoms with Crippen LogP contribution in [0.15, 0.2) is 24.3 Å². The average Bonchev–Trinajstić information content (AvgIpc) is 2.54. The number of rotatable bonds is 5. The van der Waals surface area contributed by atoms with E-state index in [9.17, 15) is 23.1 Å². The number of methoxy groups -OCH3 is 1. The van der Waals surface area contributed by atoms with Gasteiger partial charge in [0.25, 0.3) is 0 Å². The second-order valence-corrected chi connectivity index (χ2v) is 6.09. The SMILES string of the molecule is CO[C@@H]1C[C@H](C(=O)NCCc2cccc(C(F)(F)F)c2)CC[C@@H]1O. The number of amides is 1. The molecular formula is C17H22F3NO3. The Hall–Kier alpha value is -1.60. The fraction of sp³-hybridized carbons (Fsp3) is 0.588. The summed E-state index contributed by atoms with van der Waals surface area (Å²) in [6.45, 7) is 0.275. The Bertz CT molecular complexity index is 562. The Morgan fingerprint density at radius 2 is 2.12 bits per heavy atom. The van der Waals surface area contributed by atoms with Gasteiger partial charge in [-0.25, -0.2) is 0 Å². The number of benzene rings is 1. The van der Waals surface area contributed by atoms with Gasteiger partial charge in [0.05, 0.1) is 17.8 Å². The lowest BCUT2D eigenvalue weighted by atomic mass is 9.84. The van der Waals surface area contributed by atoms with Crippen molar-refractivity contribution in [1.29, 1.82) is 0 Å². The number of nitrogens with one attached hydrogen (secondary N) is 1. The van der Waals surface area contributed by atoms with Crippen LogP contribution < -0.4 is 5.32 Å². The van der Waals surface area contributed by atoms with E-state index in [1.54, 1.807) is 6.07 Å². The van der Waals surface area contributed by atoms with E-state index in [1.165, 1.54) is 13.2 Å². The normalized spacial score (nSPS) is 24.6. The molecule has 0 aromatic heterocycles. The smallest absolute Gasteiger partial charge is 0.390 e. The predicted molar refractivity (Wildman–Crippen MR) is 82.3 cm³/mol. The highest BCUT2D eigenvalue weighted by Gasteiger charge is 2.33. The zero-order chi connectivity index (χ0) is 17.7.